The van der Waals surface area contributed by atoms with Gasteiger partial charge >= 0.3 is 5.97 Å². The van der Waals surface area contributed by atoms with E-state index in [-0.39, 0.29) is 5.97 Å². The fourth-order valence-corrected chi connectivity index (χ4v) is 3.07. The molecule has 0 aromatic heterocycles. The van der Waals surface area contributed by atoms with Gasteiger partial charge < -0.3 is 4.74 Å². The maximum absolute atomic E-state index is 12.1. The minimum Gasteiger partial charge on any atom is -0.463 e. The molecule has 2 heteroatoms. The molecule has 0 spiro atoms. The quantitative estimate of drug-likeness (QED) is 0.506. The number of aryl methyl sites for hydroxylation is 2. The summed E-state index contributed by atoms with van der Waals surface area (Å²) in [6.07, 6.45) is 2.66. The van der Waals surface area contributed by atoms with Crippen LogP contribution in [0.2, 0.25) is 0 Å². The Labute approximate surface area is 145 Å². The molecule has 0 heterocycles. The summed E-state index contributed by atoms with van der Waals surface area (Å²) < 4.78 is 5.18. The highest BCUT2D eigenvalue weighted by molar-refractivity contribution is 5.96. The number of carbonyl (C=O) groups excluding carboxylic acids is 1. The standard InChI is InChI=1S/C22H28O2/c1-7-17(22(23)24-8-2)12-19-11-16(6)20-13-18(14(3)4)10-9-15(5)21(19)20/h9-14H,7-8H2,1-6H3/b17-12+. The number of ether oxygens (including phenoxy) is 1. The van der Waals surface area contributed by atoms with E-state index >= 15 is 0 Å². The van der Waals surface area contributed by atoms with E-state index in [0.29, 0.717) is 18.9 Å². The summed E-state index contributed by atoms with van der Waals surface area (Å²) in [6.45, 7) is 12.9. The molecule has 0 atom stereocenters. The van der Waals surface area contributed by atoms with E-state index in [0.717, 1.165) is 11.1 Å². The first kappa shape index (κ1) is 18.3. The van der Waals surface area contributed by atoms with Crippen LogP contribution < -0.4 is 0 Å². The van der Waals surface area contributed by atoms with Crippen molar-refractivity contribution in [3.05, 3.63) is 52.1 Å². The van der Waals surface area contributed by atoms with Gasteiger partial charge in [0, 0.05) is 5.57 Å². The Morgan fingerprint density at radius 2 is 1.83 bits per heavy atom. The van der Waals surface area contributed by atoms with Crippen molar-refractivity contribution in [1.29, 1.82) is 0 Å². The van der Waals surface area contributed by atoms with E-state index in [4.69, 9.17) is 4.74 Å². The molecule has 0 aliphatic heterocycles. The Kier molecular flexibility index (Phi) is 5.82. The first-order valence-corrected chi connectivity index (χ1v) is 8.80. The Balaban J connectivity index is 2.61. The van der Waals surface area contributed by atoms with E-state index in [1.165, 1.54) is 27.8 Å². The normalized spacial score (nSPS) is 12.0. The lowest BCUT2D eigenvalue weighted by molar-refractivity contribution is -0.138. The van der Waals surface area contributed by atoms with Gasteiger partial charge in [0.05, 0.1) is 6.61 Å². The van der Waals surface area contributed by atoms with Crippen molar-refractivity contribution < 1.29 is 9.53 Å². The van der Waals surface area contributed by atoms with E-state index in [1.807, 2.05) is 19.9 Å². The summed E-state index contributed by atoms with van der Waals surface area (Å²) in [4.78, 5) is 12.1. The lowest BCUT2D eigenvalue weighted by Crippen LogP contribution is -2.06. The van der Waals surface area contributed by atoms with E-state index in [9.17, 15) is 4.79 Å². The monoisotopic (exact) mass is 324 g/mol. The van der Waals surface area contributed by atoms with Crippen LogP contribution in [0, 0.1) is 13.8 Å². The maximum Gasteiger partial charge on any atom is 0.333 e. The summed E-state index contributed by atoms with van der Waals surface area (Å²) in [5.74, 6) is 0.270. The first-order valence-electron chi connectivity index (χ1n) is 8.80. The van der Waals surface area contributed by atoms with Crippen molar-refractivity contribution in [2.75, 3.05) is 6.61 Å². The topological polar surface area (TPSA) is 26.3 Å². The molecular formula is C22H28O2. The van der Waals surface area contributed by atoms with Gasteiger partial charge in [0.15, 0.2) is 0 Å². The molecule has 0 fully saturated rings. The third kappa shape index (κ3) is 3.69. The number of esters is 1. The lowest BCUT2D eigenvalue weighted by Gasteiger charge is -2.06. The van der Waals surface area contributed by atoms with Crippen LogP contribution in [0.15, 0.2) is 29.8 Å². The molecule has 24 heavy (non-hydrogen) atoms. The molecule has 0 unspecified atom stereocenters. The molecular weight excluding hydrogens is 296 g/mol. The van der Waals surface area contributed by atoms with Gasteiger partial charge in [-0.15, -0.1) is 0 Å². The van der Waals surface area contributed by atoms with Crippen molar-refractivity contribution in [3.63, 3.8) is 0 Å². The predicted octanol–water partition coefficient (Wildman–Crippen LogP) is 5.89. The molecule has 0 aromatic rings. The minimum atomic E-state index is -0.215. The van der Waals surface area contributed by atoms with Crippen molar-refractivity contribution in [2.24, 2.45) is 0 Å². The highest BCUT2D eigenvalue weighted by atomic mass is 16.5. The highest BCUT2D eigenvalue weighted by Crippen LogP contribution is 2.37. The second kappa shape index (κ2) is 7.65. The van der Waals surface area contributed by atoms with Crippen LogP contribution in [-0.2, 0) is 9.53 Å². The van der Waals surface area contributed by atoms with Gasteiger partial charge in [0.1, 0.15) is 0 Å². The van der Waals surface area contributed by atoms with Gasteiger partial charge in [-0.25, -0.2) is 4.79 Å². The van der Waals surface area contributed by atoms with Gasteiger partial charge in [-0.2, -0.15) is 0 Å². The molecule has 2 rings (SSSR count). The summed E-state index contributed by atoms with van der Waals surface area (Å²) >= 11 is 0. The van der Waals surface area contributed by atoms with E-state index in [2.05, 4.69) is 52.0 Å². The Morgan fingerprint density at radius 3 is 2.42 bits per heavy atom. The summed E-state index contributed by atoms with van der Waals surface area (Å²) in [5, 5.41) is 0. The van der Waals surface area contributed by atoms with Gasteiger partial charge in [-0.3, -0.25) is 0 Å². The third-order valence-electron chi connectivity index (χ3n) is 4.50. The summed E-state index contributed by atoms with van der Waals surface area (Å²) in [7, 11) is 0. The minimum absolute atomic E-state index is 0.215. The van der Waals surface area contributed by atoms with Gasteiger partial charge in [-0.05, 0) is 72.6 Å². The van der Waals surface area contributed by atoms with Crippen LogP contribution in [0.5, 0.6) is 0 Å². The fraction of sp³-hybridized carbons (Fsp3) is 0.409. The first-order chi connectivity index (χ1) is 11.4. The molecule has 0 saturated heterocycles. The smallest absolute Gasteiger partial charge is 0.333 e. The molecule has 0 bridgehead atoms. The Hall–Kier alpha value is -2.09. The Bertz CT molecular complexity index is 738. The SMILES string of the molecule is CCOC(=O)/C(=C/c1cc(C)c2cc(C(C)C)ccc(C)c1-2)CC. The molecule has 2 aliphatic rings. The molecule has 128 valence electrons. The largest absolute Gasteiger partial charge is 0.463 e. The van der Waals surface area contributed by atoms with Crippen LogP contribution in [0.4, 0.5) is 0 Å². The number of hydrogen-bond acceptors (Lipinski definition) is 2. The predicted molar refractivity (Wildman–Crippen MR) is 102 cm³/mol. The van der Waals surface area contributed by atoms with Gasteiger partial charge in [-0.1, -0.05) is 45.0 Å². The zero-order valence-corrected chi connectivity index (χ0v) is 15.7. The molecule has 0 amide bonds. The van der Waals surface area contributed by atoms with Crippen molar-refractivity contribution in [1.82, 2.24) is 0 Å². The van der Waals surface area contributed by atoms with Gasteiger partial charge in [0.2, 0.25) is 0 Å². The van der Waals surface area contributed by atoms with Gasteiger partial charge in [0.25, 0.3) is 0 Å². The zero-order valence-electron chi connectivity index (χ0n) is 15.7. The van der Waals surface area contributed by atoms with Crippen LogP contribution in [0.3, 0.4) is 0 Å². The molecule has 0 N–H and O–H groups in total. The fourth-order valence-electron chi connectivity index (χ4n) is 3.07. The average molecular weight is 324 g/mol. The summed E-state index contributed by atoms with van der Waals surface area (Å²) in [5.41, 5.74) is 8.14. The van der Waals surface area contributed by atoms with Crippen molar-refractivity contribution in [3.8, 4) is 11.1 Å². The summed E-state index contributed by atoms with van der Waals surface area (Å²) in [6, 6.07) is 8.86. The second-order valence-corrected chi connectivity index (χ2v) is 6.63. The zero-order chi connectivity index (χ0) is 17.9. The Morgan fingerprint density at radius 1 is 1.12 bits per heavy atom. The number of rotatable bonds is 5. The van der Waals surface area contributed by atoms with E-state index < -0.39 is 0 Å². The molecule has 0 saturated carbocycles. The maximum atomic E-state index is 12.1. The lowest BCUT2D eigenvalue weighted by atomic mass is 9.99. The van der Waals surface area contributed by atoms with Crippen molar-refractivity contribution in [2.45, 2.75) is 53.9 Å². The highest BCUT2D eigenvalue weighted by Gasteiger charge is 2.17. The molecule has 2 nitrogen and oxygen atoms in total. The number of hydrogen-bond donors (Lipinski definition) is 0. The van der Waals surface area contributed by atoms with E-state index in [1.54, 1.807) is 0 Å². The van der Waals surface area contributed by atoms with Crippen LogP contribution in [0.25, 0.3) is 17.2 Å². The van der Waals surface area contributed by atoms with Crippen molar-refractivity contribution >= 4 is 12.0 Å². The second-order valence-electron chi connectivity index (χ2n) is 6.63. The van der Waals surface area contributed by atoms with Crippen LogP contribution in [0.1, 0.15) is 62.3 Å². The van der Waals surface area contributed by atoms with Crippen LogP contribution in [-0.4, -0.2) is 12.6 Å². The van der Waals surface area contributed by atoms with Crippen LogP contribution >= 0.6 is 0 Å². The average Bonchev–Trinajstić information content (AvgIpc) is 2.71. The molecule has 0 aromatic carbocycles. The third-order valence-corrected chi connectivity index (χ3v) is 4.50. The molecule has 0 radical (unpaired) electrons. The number of fused-ring (bicyclic) bond motifs is 1. The molecule has 2 aliphatic carbocycles. The number of carbonyl (C=O) groups is 1.